The van der Waals surface area contributed by atoms with E-state index >= 15 is 0 Å². The molecule has 0 amide bonds. The van der Waals surface area contributed by atoms with Gasteiger partial charge in [-0.3, -0.25) is 4.79 Å². The molecule has 0 N–H and O–H groups in total. The minimum atomic E-state index is -0.166. The molecule has 1 aromatic heterocycles. The Kier molecular flexibility index (Phi) is 3.47. The van der Waals surface area contributed by atoms with E-state index in [0.717, 1.165) is 6.42 Å². The summed E-state index contributed by atoms with van der Waals surface area (Å²) < 4.78 is 6.79. The number of rotatable bonds is 4. The topological polar surface area (TPSA) is 31.2 Å². The number of aromatic nitrogens is 1. The van der Waals surface area contributed by atoms with Gasteiger partial charge in [0.15, 0.2) is 0 Å². The van der Waals surface area contributed by atoms with Gasteiger partial charge >= 0.3 is 5.97 Å². The first-order valence-electron chi connectivity index (χ1n) is 5.89. The third-order valence-corrected chi connectivity index (χ3v) is 3.04. The van der Waals surface area contributed by atoms with Crippen LogP contribution in [-0.4, -0.2) is 17.6 Å². The molecule has 3 nitrogen and oxygen atoms in total. The van der Waals surface area contributed by atoms with Gasteiger partial charge in [-0.25, -0.2) is 0 Å². The number of methoxy groups -OCH3 is 1. The van der Waals surface area contributed by atoms with Crippen molar-refractivity contribution < 1.29 is 9.53 Å². The minimum Gasteiger partial charge on any atom is -0.469 e. The Morgan fingerprint density at radius 1 is 1.35 bits per heavy atom. The van der Waals surface area contributed by atoms with Crippen molar-refractivity contribution in [2.45, 2.75) is 26.3 Å². The molecule has 17 heavy (non-hydrogen) atoms. The van der Waals surface area contributed by atoms with Crippen LogP contribution in [0.25, 0.3) is 10.9 Å². The average molecular weight is 231 g/mol. The van der Waals surface area contributed by atoms with E-state index in [4.69, 9.17) is 0 Å². The maximum Gasteiger partial charge on any atom is 0.307 e. The second kappa shape index (κ2) is 5.04. The molecule has 0 radical (unpaired) electrons. The van der Waals surface area contributed by atoms with E-state index in [1.54, 1.807) is 0 Å². The fraction of sp³-hybridized carbons (Fsp3) is 0.357. The first-order valence-corrected chi connectivity index (χ1v) is 5.89. The molecule has 0 aliphatic heterocycles. The highest BCUT2D eigenvalue weighted by atomic mass is 16.5. The molecule has 0 spiro atoms. The van der Waals surface area contributed by atoms with Crippen molar-refractivity contribution >= 4 is 16.9 Å². The lowest BCUT2D eigenvalue weighted by atomic mass is 10.1. The van der Waals surface area contributed by atoms with Crippen LogP contribution < -0.4 is 0 Å². The predicted molar refractivity (Wildman–Crippen MR) is 67.9 cm³/mol. The van der Waals surface area contributed by atoms with Gasteiger partial charge < -0.3 is 9.30 Å². The van der Waals surface area contributed by atoms with E-state index in [0.29, 0.717) is 13.0 Å². The van der Waals surface area contributed by atoms with Crippen molar-refractivity contribution in [1.82, 2.24) is 4.57 Å². The quantitative estimate of drug-likeness (QED) is 0.758. The second-order valence-corrected chi connectivity index (χ2v) is 4.04. The molecule has 0 saturated heterocycles. The first-order chi connectivity index (χ1) is 8.26. The number of hydrogen-bond acceptors (Lipinski definition) is 2. The van der Waals surface area contributed by atoms with Crippen LogP contribution in [0.2, 0.25) is 0 Å². The van der Waals surface area contributed by atoms with Gasteiger partial charge in [-0.15, -0.1) is 0 Å². The molecule has 90 valence electrons. The first kappa shape index (κ1) is 11.7. The van der Waals surface area contributed by atoms with Gasteiger partial charge in [0.25, 0.3) is 0 Å². The van der Waals surface area contributed by atoms with Crippen molar-refractivity contribution in [3.8, 4) is 0 Å². The zero-order valence-corrected chi connectivity index (χ0v) is 10.3. The lowest BCUT2D eigenvalue weighted by molar-refractivity contribution is -0.140. The number of esters is 1. The number of carbonyl (C=O) groups excluding carboxylic acids is 1. The normalized spacial score (nSPS) is 10.7. The molecule has 0 aliphatic carbocycles. The highest BCUT2D eigenvalue weighted by molar-refractivity contribution is 5.83. The van der Waals surface area contributed by atoms with Crippen molar-refractivity contribution in [1.29, 1.82) is 0 Å². The summed E-state index contributed by atoms with van der Waals surface area (Å²) in [7, 11) is 1.42. The Morgan fingerprint density at radius 2 is 2.18 bits per heavy atom. The number of hydrogen-bond donors (Lipinski definition) is 0. The van der Waals surface area contributed by atoms with Crippen LogP contribution >= 0.6 is 0 Å². The van der Waals surface area contributed by atoms with Gasteiger partial charge in [0.2, 0.25) is 0 Å². The fourth-order valence-electron chi connectivity index (χ4n) is 2.13. The monoisotopic (exact) mass is 231 g/mol. The van der Waals surface area contributed by atoms with Gasteiger partial charge in [0, 0.05) is 12.7 Å². The van der Waals surface area contributed by atoms with Gasteiger partial charge in [-0.05, 0) is 23.4 Å². The second-order valence-electron chi connectivity index (χ2n) is 4.04. The van der Waals surface area contributed by atoms with E-state index in [1.807, 2.05) is 6.20 Å². The number of fused-ring (bicyclic) bond motifs is 1. The maximum absolute atomic E-state index is 11.2. The maximum atomic E-state index is 11.2. The molecule has 0 saturated carbocycles. The Morgan fingerprint density at radius 3 is 2.88 bits per heavy atom. The zero-order chi connectivity index (χ0) is 12.3. The number of carbonyl (C=O) groups is 1. The summed E-state index contributed by atoms with van der Waals surface area (Å²) in [4.78, 5) is 11.2. The third kappa shape index (κ3) is 2.33. The Bertz CT molecular complexity index is 528. The van der Waals surface area contributed by atoms with Crippen LogP contribution in [0.1, 0.15) is 18.9 Å². The van der Waals surface area contributed by atoms with Crippen LogP contribution in [0, 0.1) is 0 Å². The molecule has 2 aromatic rings. The Balaban J connectivity index is 2.31. The van der Waals surface area contributed by atoms with Gasteiger partial charge in [-0.1, -0.05) is 25.1 Å². The summed E-state index contributed by atoms with van der Waals surface area (Å²) in [5.41, 5.74) is 2.55. The summed E-state index contributed by atoms with van der Waals surface area (Å²) in [6, 6.07) is 8.40. The van der Waals surface area contributed by atoms with E-state index < -0.39 is 0 Å². The molecule has 0 bridgehead atoms. The van der Waals surface area contributed by atoms with Crippen molar-refractivity contribution in [3.63, 3.8) is 0 Å². The SMILES string of the molecule is CCc1cccc2ccn(CCC(=O)OC)c12. The molecule has 0 aliphatic rings. The van der Waals surface area contributed by atoms with Crippen LogP contribution in [0.4, 0.5) is 0 Å². The highest BCUT2D eigenvalue weighted by Crippen LogP contribution is 2.21. The van der Waals surface area contributed by atoms with Crippen LogP contribution in [-0.2, 0) is 22.5 Å². The van der Waals surface area contributed by atoms with Crippen LogP contribution in [0.3, 0.4) is 0 Å². The van der Waals surface area contributed by atoms with Crippen LogP contribution in [0.15, 0.2) is 30.5 Å². The number of benzene rings is 1. The Hall–Kier alpha value is -1.77. The summed E-state index contributed by atoms with van der Waals surface area (Å²) in [6.07, 6.45) is 3.45. The third-order valence-electron chi connectivity index (χ3n) is 3.04. The average Bonchev–Trinajstić information content (AvgIpc) is 2.79. The van der Waals surface area contributed by atoms with E-state index in [1.165, 1.54) is 23.6 Å². The Labute approximate surface area is 101 Å². The standard InChI is InChI=1S/C14H17NO2/c1-3-11-5-4-6-12-7-9-15(14(11)12)10-8-13(16)17-2/h4-7,9H,3,8,10H2,1-2H3. The lowest BCUT2D eigenvalue weighted by Crippen LogP contribution is -2.06. The van der Waals surface area contributed by atoms with Crippen molar-refractivity contribution in [2.24, 2.45) is 0 Å². The summed E-state index contributed by atoms with van der Waals surface area (Å²) in [6.45, 7) is 2.82. The van der Waals surface area contributed by atoms with Crippen LogP contribution in [0.5, 0.6) is 0 Å². The fourth-order valence-corrected chi connectivity index (χ4v) is 2.13. The van der Waals surface area contributed by atoms with Crippen molar-refractivity contribution in [3.05, 3.63) is 36.0 Å². The zero-order valence-electron chi connectivity index (χ0n) is 10.3. The largest absolute Gasteiger partial charge is 0.469 e. The van der Waals surface area contributed by atoms with E-state index in [-0.39, 0.29) is 5.97 Å². The predicted octanol–water partition coefficient (Wildman–Crippen LogP) is 2.77. The smallest absolute Gasteiger partial charge is 0.307 e. The molecule has 1 aromatic carbocycles. The molecule has 2 rings (SSSR count). The number of para-hydroxylation sites is 1. The summed E-state index contributed by atoms with van der Waals surface area (Å²) in [5.74, 6) is -0.166. The highest BCUT2D eigenvalue weighted by Gasteiger charge is 2.07. The molecule has 0 fully saturated rings. The van der Waals surface area contributed by atoms with Gasteiger partial charge in [0.1, 0.15) is 0 Å². The van der Waals surface area contributed by atoms with Gasteiger partial charge in [-0.2, -0.15) is 0 Å². The molecule has 0 atom stereocenters. The molecular formula is C14H17NO2. The number of ether oxygens (including phenoxy) is 1. The summed E-state index contributed by atoms with van der Waals surface area (Å²) in [5, 5.41) is 1.23. The number of aryl methyl sites for hydroxylation is 2. The lowest BCUT2D eigenvalue weighted by Gasteiger charge is -2.08. The van der Waals surface area contributed by atoms with E-state index in [9.17, 15) is 4.79 Å². The molecule has 3 heteroatoms. The molecule has 1 heterocycles. The minimum absolute atomic E-state index is 0.166. The molecular weight excluding hydrogens is 214 g/mol. The van der Waals surface area contributed by atoms with Crippen molar-refractivity contribution in [2.75, 3.05) is 7.11 Å². The van der Waals surface area contributed by atoms with Gasteiger partial charge in [0.05, 0.1) is 19.0 Å². The summed E-state index contributed by atoms with van der Waals surface area (Å²) >= 11 is 0. The van der Waals surface area contributed by atoms with E-state index in [2.05, 4.69) is 40.5 Å². The molecule has 0 unspecified atom stereocenters. The number of nitrogens with zero attached hydrogens (tertiary/aromatic N) is 1.